The minimum Gasteiger partial charge on any atom is -0.353 e. The number of nitrogens with zero attached hydrogens (tertiary/aromatic N) is 2. The van der Waals surface area contributed by atoms with Crippen LogP contribution in [0.5, 0.6) is 0 Å². The van der Waals surface area contributed by atoms with Crippen molar-refractivity contribution in [3.8, 4) is 6.07 Å². The number of rotatable bonds is 4. The van der Waals surface area contributed by atoms with Crippen LogP contribution in [0.25, 0.3) is 0 Å². The molecule has 0 aromatic heterocycles. The van der Waals surface area contributed by atoms with Gasteiger partial charge < -0.3 is 10.2 Å². The third-order valence-corrected chi connectivity index (χ3v) is 3.89. The summed E-state index contributed by atoms with van der Waals surface area (Å²) in [5.41, 5.74) is 2.16. The Balaban J connectivity index is 1.77. The number of carbonyl (C=O) groups excluding carboxylic acids is 2. The number of likely N-dealkylation sites (tertiary alicyclic amines) is 1. The van der Waals surface area contributed by atoms with E-state index in [1.54, 1.807) is 4.90 Å². The topological polar surface area (TPSA) is 73.2 Å². The molecule has 1 saturated heterocycles. The fraction of sp³-hybridized carbons (Fsp3) is 0.471. The van der Waals surface area contributed by atoms with E-state index in [9.17, 15) is 9.59 Å². The smallest absolute Gasteiger partial charge is 0.236 e. The molecule has 1 heterocycles. The molecule has 1 aliphatic heterocycles. The Morgan fingerprint density at radius 1 is 1.36 bits per heavy atom. The van der Waals surface area contributed by atoms with Gasteiger partial charge in [0, 0.05) is 19.1 Å². The van der Waals surface area contributed by atoms with Crippen molar-refractivity contribution >= 4 is 11.8 Å². The molecule has 2 rings (SSSR count). The molecule has 1 aromatic rings. The van der Waals surface area contributed by atoms with Gasteiger partial charge in [0.05, 0.1) is 12.5 Å². The van der Waals surface area contributed by atoms with Gasteiger partial charge in [-0.1, -0.05) is 29.8 Å². The summed E-state index contributed by atoms with van der Waals surface area (Å²) >= 11 is 0. The maximum absolute atomic E-state index is 12.1. The molecule has 1 fully saturated rings. The van der Waals surface area contributed by atoms with Crippen LogP contribution in [0.4, 0.5) is 0 Å². The molecule has 5 heteroatoms. The van der Waals surface area contributed by atoms with Crippen LogP contribution < -0.4 is 5.32 Å². The van der Waals surface area contributed by atoms with Gasteiger partial charge >= 0.3 is 0 Å². The van der Waals surface area contributed by atoms with Crippen LogP contribution in [-0.2, 0) is 16.0 Å². The van der Waals surface area contributed by atoms with Crippen molar-refractivity contribution in [2.45, 2.75) is 38.6 Å². The zero-order valence-electron chi connectivity index (χ0n) is 12.8. The Morgan fingerprint density at radius 2 is 2.09 bits per heavy atom. The van der Waals surface area contributed by atoms with Crippen molar-refractivity contribution in [2.75, 3.05) is 13.1 Å². The highest BCUT2D eigenvalue weighted by Crippen LogP contribution is 2.12. The zero-order chi connectivity index (χ0) is 15.9. The highest BCUT2D eigenvalue weighted by atomic mass is 16.2. The van der Waals surface area contributed by atoms with Gasteiger partial charge in [-0.3, -0.25) is 9.59 Å². The second-order valence-electron chi connectivity index (χ2n) is 5.72. The first-order valence-electron chi connectivity index (χ1n) is 7.58. The highest BCUT2D eigenvalue weighted by Gasteiger charge is 2.23. The molecular formula is C17H21N3O2. The van der Waals surface area contributed by atoms with Gasteiger partial charge in [0.2, 0.25) is 11.8 Å². The third kappa shape index (κ3) is 4.59. The van der Waals surface area contributed by atoms with Gasteiger partial charge in [-0.15, -0.1) is 0 Å². The minimum absolute atomic E-state index is 0.0207. The van der Waals surface area contributed by atoms with E-state index in [1.807, 2.05) is 37.3 Å². The van der Waals surface area contributed by atoms with Crippen LogP contribution >= 0.6 is 0 Å². The lowest BCUT2D eigenvalue weighted by Gasteiger charge is -2.32. The molecule has 1 N–H and O–H groups in total. The largest absolute Gasteiger partial charge is 0.353 e. The van der Waals surface area contributed by atoms with Crippen LogP contribution in [0.15, 0.2) is 24.3 Å². The average molecular weight is 299 g/mol. The van der Waals surface area contributed by atoms with Crippen LogP contribution in [0.2, 0.25) is 0 Å². The SMILES string of the molecule is Cc1cccc(CC(=O)NC2CCN(C(=O)CC#N)CC2)c1. The molecule has 0 unspecified atom stereocenters. The summed E-state index contributed by atoms with van der Waals surface area (Å²) in [5, 5.41) is 11.6. The molecule has 0 spiro atoms. The molecule has 0 radical (unpaired) electrons. The summed E-state index contributed by atoms with van der Waals surface area (Å²) in [7, 11) is 0. The molecule has 2 amide bonds. The van der Waals surface area contributed by atoms with Crippen LogP contribution in [-0.4, -0.2) is 35.8 Å². The minimum atomic E-state index is -0.118. The number of hydrogen-bond donors (Lipinski definition) is 1. The molecule has 1 aliphatic rings. The zero-order valence-corrected chi connectivity index (χ0v) is 12.8. The van der Waals surface area contributed by atoms with E-state index >= 15 is 0 Å². The summed E-state index contributed by atoms with van der Waals surface area (Å²) in [4.78, 5) is 25.4. The van der Waals surface area contributed by atoms with E-state index in [-0.39, 0.29) is 24.3 Å². The Bertz CT molecular complexity index is 584. The van der Waals surface area contributed by atoms with E-state index in [0.717, 1.165) is 24.0 Å². The lowest BCUT2D eigenvalue weighted by atomic mass is 10.0. The molecule has 1 aromatic carbocycles. The summed E-state index contributed by atoms with van der Waals surface area (Å²) in [6.45, 7) is 3.22. The lowest BCUT2D eigenvalue weighted by molar-refractivity contribution is -0.131. The van der Waals surface area contributed by atoms with Crippen LogP contribution in [0, 0.1) is 18.3 Å². The number of hydrogen-bond acceptors (Lipinski definition) is 3. The van der Waals surface area contributed by atoms with Crippen molar-refractivity contribution in [2.24, 2.45) is 0 Å². The third-order valence-electron chi connectivity index (χ3n) is 3.89. The van der Waals surface area contributed by atoms with E-state index < -0.39 is 0 Å². The lowest BCUT2D eigenvalue weighted by Crippen LogP contribution is -2.46. The molecular weight excluding hydrogens is 278 g/mol. The number of nitrogens with one attached hydrogen (secondary N) is 1. The molecule has 0 aliphatic carbocycles. The quantitative estimate of drug-likeness (QED) is 0.917. The molecule has 116 valence electrons. The van der Waals surface area contributed by atoms with E-state index in [4.69, 9.17) is 5.26 Å². The van der Waals surface area contributed by atoms with Crippen LogP contribution in [0.3, 0.4) is 0 Å². The normalized spacial score (nSPS) is 15.2. The van der Waals surface area contributed by atoms with Gasteiger partial charge in [0.25, 0.3) is 0 Å². The maximum atomic E-state index is 12.1. The molecule has 0 saturated carbocycles. The van der Waals surface area contributed by atoms with Crippen LogP contribution in [0.1, 0.15) is 30.4 Å². The van der Waals surface area contributed by atoms with Crippen molar-refractivity contribution in [1.29, 1.82) is 5.26 Å². The number of benzene rings is 1. The Morgan fingerprint density at radius 3 is 2.73 bits per heavy atom. The van der Waals surface area contributed by atoms with Crippen molar-refractivity contribution in [1.82, 2.24) is 10.2 Å². The monoisotopic (exact) mass is 299 g/mol. The van der Waals surface area contributed by atoms with Gasteiger partial charge in [0.1, 0.15) is 6.42 Å². The van der Waals surface area contributed by atoms with Gasteiger partial charge in [0.15, 0.2) is 0 Å². The second-order valence-corrected chi connectivity index (χ2v) is 5.72. The average Bonchev–Trinajstić information content (AvgIpc) is 2.48. The van der Waals surface area contributed by atoms with E-state index in [2.05, 4.69) is 5.32 Å². The highest BCUT2D eigenvalue weighted by molar-refractivity contribution is 5.79. The summed E-state index contributed by atoms with van der Waals surface area (Å²) in [6.07, 6.45) is 1.81. The van der Waals surface area contributed by atoms with Gasteiger partial charge in [-0.05, 0) is 25.3 Å². The number of carbonyl (C=O) groups is 2. The van der Waals surface area contributed by atoms with Gasteiger partial charge in [-0.2, -0.15) is 5.26 Å². The first-order valence-corrected chi connectivity index (χ1v) is 7.58. The van der Waals surface area contributed by atoms with Crippen molar-refractivity contribution in [3.63, 3.8) is 0 Å². The van der Waals surface area contributed by atoms with Gasteiger partial charge in [-0.25, -0.2) is 0 Å². The molecule has 5 nitrogen and oxygen atoms in total. The molecule has 0 bridgehead atoms. The predicted molar refractivity (Wildman–Crippen MR) is 82.9 cm³/mol. The fourth-order valence-electron chi connectivity index (χ4n) is 2.74. The Hall–Kier alpha value is -2.35. The molecule has 0 atom stereocenters. The van der Waals surface area contributed by atoms with E-state index in [0.29, 0.717) is 19.5 Å². The maximum Gasteiger partial charge on any atom is 0.236 e. The Labute approximate surface area is 130 Å². The summed E-state index contributed by atoms with van der Waals surface area (Å²) in [6, 6.07) is 9.93. The number of aryl methyl sites for hydroxylation is 1. The summed E-state index contributed by atoms with van der Waals surface area (Å²) < 4.78 is 0. The first kappa shape index (κ1) is 16.0. The Kier molecular flexibility index (Phi) is 5.54. The van der Waals surface area contributed by atoms with Crippen molar-refractivity contribution < 1.29 is 9.59 Å². The first-order chi connectivity index (χ1) is 10.6. The summed E-state index contributed by atoms with van der Waals surface area (Å²) in [5.74, 6) is -0.0977. The number of piperidine rings is 1. The second kappa shape index (κ2) is 7.60. The van der Waals surface area contributed by atoms with E-state index in [1.165, 1.54) is 0 Å². The predicted octanol–water partition coefficient (Wildman–Crippen LogP) is 1.56. The van der Waals surface area contributed by atoms with Crippen molar-refractivity contribution in [3.05, 3.63) is 35.4 Å². The fourth-order valence-corrected chi connectivity index (χ4v) is 2.74. The number of nitriles is 1. The number of amides is 2. The molecule has 22 heavy (non-hydrogen) atoms. The standard InChI is InChI=1S/C17H21N3O2/c1-13-3-2-4-14(11-13)12-16(21)19-15-6-9-20(10-7-15)17(22)5-8-18/h2-4,11,15H,5-7,9-10,12H2,1H3,(H,19,21).